The van der Waals surface area contributed by atoms with Gasteiger partial charge in [0, 0.05) is 18.0 Å². The number of hydrogen-bond donors (Lipinski definition) is 1. The molecule has 0 fully saturated rings. The molecule has 5 heteroatoms. The number of anilines is 2. The molecule has 28 heavy (non-hydrogen) atoms. The molecule has 1 aromatic heterocycles. The predicted molar refractivity (Wildman–Crippen MR) is 111 cm³/mol. The second-order valence-electron chi connectivity index (χ2n) is 7.14. The molecule has 0 spiro atoms. The van der Waals surface area contributed by atoms with E-state index in [0.29, 0.717) is 17.2 Å². The van der Waals surface area contributed by atoms with Gasteiger partial charge in [-0.3, -0.25) is 14.7 Å². The van der Waals surface area contributed by atoms with E-state index in [-0.39, 0.29) is 12.1 Å². The molecule has 0 aliphatic carbocycles. The quantitative estimate of drug-likeness (QED) is 0.685. The van der Waals surface area contributed by atoms with Crippen LogP contribution in [-0.2, 0) is 0 Å². The van der Waals surface area contributed by atoms with Gasteiger partial charge in [0.05, 0.1) is 24.1 Å². The van der Waals surface area contributed by atoms with Crippen molar-refractivity contribution in [2.45, 2.75) is 25.9 Å². The molecule has 0 bridgehead atoms. The molecule has 0 saturated carbocycles. The highest BCUT2D eigenvalue weighted by Crippen LogP contribution is 2.38. The van der Waals surface area contributed by atoms with E-state index in [1.54, 1.807) is 24.3 Å². The maximum absolute atomic E-state index is 13.1. The number of nitrogens with zero attached hydrogens (tertiary/aromatic N) is 2. The number of pyridine rings is 1. The van der Waals surface area contributed by atoms with Gasteiger partial charge in [0.2, 0.25) is 0 Å². The number of hydrogen-bond acceptors (Lipinski definition) is 4. The van der Waals surface area contributed by atoms with Crippen LogP contribution in [0.15, 0.2) is 66.9 Å². The van der Waals surface area contributed by atoms with E-state index in [1.807, 2.05) is 42.5 Å². The van der Waals surface area contributed by atoms with Crippen LogP contribution >= 0.6 is 0 Å². The molecule has 142 valence electrons. The molecule has 1 aliphatic rings. The third kappa shape index (κ3) is 3.20. The van der Waals surface area contributed by atoms with Crippen LogP contribution in [0.2, 0.25) is 0 Å². The van der Waals surface area contributed by atoms with Crippen LogP contribution < -0.4 is 15.0 Å². The highest BCUT2D eigenvalue weighted by atomic mass is 16.5. The Labute approximate surface area is 165 Å². The number of carbonyl (C=O) groups is 1. The smallest absolute Gasteiger partial charge is 0.262 e. The van der Waals surface area contributed by atoms with Gasteiger partial charge in [0.15, 0.2) is 6.17 Å². The first kappa shape index (κ1) is 18.0. The van der Waals surface area contributed by atoms with E-state index in [9.17, 15) is 4.79 Å². The lowest BCUT2D eigenvalue weighted by atomic mass is 10.0. The largest absolute Gasteiger partial charge is 0.497 e. The van der Waals surface area contributed by atoms with Crippen molar-refractivity contribution in [1.29, 1.82) is 0 Å². The summed E-state index contributed by atoms with van der Waals surface area (Å²) in [5.41, 5.74) is 4.31. The first-order chi connectivity index (χ1) is 13.6. The SMILES string of the molecule is COc1cccc(N2C(=O)c3cccnc3[C@@H]2Nc2ccc(C(C)C)cc2)c1. The van der Waals surface area contributed by atoms with Crippen molar-refractivity contribution < 1.29 is 9.53 Å². The van der Waals surface area contributed by atoms with Gasteiger partial charge in [-0.05, 0) is 47.9 Å². The third-order valence-electron chi connectivity index (χ3n) is 5.02. The van der Waals surface area contributed by atoms with Crippen LogP contribution in [0.25, 0.3) is 0 Å². The van der Waals surface area contributed by atoms with E-state index < -0.39 is 0 Å². The monoisotopic (exact) mass is 373 g/mol. The van der Waals surface area contributed by atoms with Crippen molar-refractivity contribution in [2.24, 2.45) is 0 Å². The summed E-state index contributed by atoms with van der Waals surface area (Å²) in [6.07, 6.45) is 1.33. The number of aromatic nitrogens is 1. The van der Waals surface area contributed by atoms with Gasteiger partial charge in [-0.15, -0.1) is 0 Å². The van der Waals surface area contributed by atoms with Gasteiger partial charge >= 0.3 is 0 Å². The fourth-order valence-corrected chi connectivity index (χ4v) is 3.47. The number of benzene rings is 2. The van der Waals surface area contributed by atoms with Crippen LogP contribution in [0.1, 0.15) is 47.5 Å². The number of carbonyl (C=O) groups excluding carboxylic acids is 1. The van der Waals surface area contributed by atoms with Gasteiger partial charge in [-0.2, -0.15) is 0 Å². The number of nitrogens with one attached hydrogen (secondary N) is 1. The number of ether oxygens (including phenoxy) is 1. The third-order valence-corrected chi connectivity index (χ3v) is 5.02. The predicted octanol–water partition coefficient (Wildman–Crippen LogP) is 4.98. The van der Waals surface area contributed by atoms with Crippen LogP contribution in [0, 0.1) is 0 Å². The topological polar surface area (TPSA) is 54.5 Å². The first-order valence-corrected chi connectivity index (χ1v) is 9.37. The normalized spacial score (nSPS) is 15.6. The van der Waals surface area contributed by atoms with E-state index >= 15 is 0 Å². The van der Waals surface area contributed by atoms with Gasteiger partial charge in [-0.1, -0.05) is 32.0 Å². The fourth-order valence-electron chi connectivity index (χ4n) is 3.47. The van der Waals surface area contributed by atoms with Crippen molar-refractivity contribution in [1.82, 2.24) is 4.98 Å². The summed E-state index contributed by atoms with van der Waals surface area (Å²) in [4.78, 5) is 19.4. The fraction of sp³-hybridized carbons (Fsp3) is 0.217. The minimum absolute atomic E-state index is 0.0762. The molecule has 0 radical (unpaired) electrons. The van der Waals surface area contributed by atoms with Crippen LogP contribution in [0.4, 0.5) is 11.4 Å². The standard InChI is InChI=1S/C23H23N3O2/c1-15(2)16-9-11-17(12-10-16)25-22-21-20(8-5-13-24-21)23(27)26(22)18-6-4-7-19(14-18)28-3/h4-15,22,25H,1-3H3/t22-/m1/s1. The molecule has 1 aliphatic heterocycles. The highest BCUT2D eigenvalue weighted by molar-refractivity contribution is 6.11. The summed E-state index contributed by atoms with van der Waals surface area (Å²) in [6, 6.07) is 19.4. The van der Waals surface area contributed by atoms with E-state index in [1.165, 1.54) is 5.56 Å². The van der Waals surface area contributed by atoms with Crippen molar-refractivity contribution in [3.05, 3.63) is 83.7 Å². The second kappa shape index (κ2) is 7.35. The molecule has 2 heterocycles. The molecule has 4 rings (SSSR count). The molecule has 3 aromatic rings. The summed E-state index contributed by atoms with van der Waals surface area (Å²) in [5.74, 6) is 1.10. The van der Waals surface area contributed by atoms with Crippen LogP contribution in [0.5, 0.6) is 5.75 Å². The van der Waals surface area contributed by atoms with Crippen molar-refractivity contribution in [3.8, 4) is 5.75 Å². The minimum Gasteiger partial charge on any atom is -0.497 e. The van der Waals surface area contributed by atoms with Gasteiger partial charge in [0.1, 0.15) is 5.75 Å². The lowest BCUT2D eigenvalue weighted by Crippen LogP contribution is -2.32. The van der Waals surface area contributed by atoms with E-state index in [0.717, 1.165) is 17.1 Å². The number of methoxy groups -OCH3 is 1. The molecule has 0 unspecified atom stereocenters. The Balaban J connectivity index is 1.73. The Morgan fingerprint density at radius 2 is 1.86 bits per heavy atom. The zero-order valence-corrected chi connectivity index (χ0v) is 16.2. The van der Waals surface area contributed by atoms with Crippen molar-refractivity contribution in [2.75, 3.05) is 17.3 Å². The zero-order chi connectivity index (χ0) is 19.7. The van der Waals surface area contributed by atoms with Crippen LogP contribution in [0.3, 0.4) is 0 Å². The molecular weight excluding hydrogens is 350 g/mol. The number of rotatable bonds is 5. The molecule has 0 saturated heterocycles. The number of amides is 1. The Bertz CT molecular complexity index is 999. The Morgan fingerprint density at radius 3 is 2.57 bits per heavy atom. The maximum atomic E-state index is 13.1. The second-order valence-corrected chi connectivity index (χ2v) is 7.14. The summed E-state index contributed by atoms with van der Waals surface area (Å²) in [5, 5.41) is 3.48. The molecule has 2 aromatic carbocycles. The van der Waals surface area contributed by atoms with Gasteiger partial charge in [0.25, 0.3) is 5.91 Å². The summed E-state index contributed by atoms with van der Waals surface area (Å²) >= 11 is 0. The Morgan fingerprint density at radius 1 is 1.07 bits per heavy atom. The first-order valence-electron chi connectivity index (χ1n) is 9.37. The van der Waals surface area contributed by atoms with E-state index in [2.05, 4.69) is 36.3 Å². The summed E-state index contributed by atoms with van der Waals surface area (Å²) in [6.45, 7) is 4.34. The average Bonchev–Trinajstić information content (AvgIpc) is 3.00. The molecule has 5 nitrogen and oxygen atoms in total. The molecule has 1 N–H and O–H groups in total. The van der Waals surface area contributed by atoms with Crippen molar-refractivity contribution in [3.63, 3.8) is 0 Å². The summed E-state index contributed by atoms with van der Waals surface area (Å²) in [7, 11) is 1.62. The molecule has 1 amide bonds. The average molecular weight is 373 g/mol. The maximum Gasteiger partial charge on any atom is 0.262 e. The number of fused-ring (bicyclic) bond motifs is 1. The van der Waals surface area contributed by atoms with Gasteiger partial charge < -0.3 is 10.1 Å². The minimum atomic E-state index is -0.388. The highest BCUT2D eigenvalue weighted by Gasteiger charge is 2.39. The van der Waals surface area contributed by atoms with E-state index in [4.69, 9.17) is 4.74 Å². The van der Waals surface area contributed by atoms with Gasteiger partial charge in [-0.25, -0.2) is 0 Å². The Hall–Kier alpha value is -3.34. The summed E-state index contributed by atoms with van der Waals surface area (Å²) < 4.78 is 5.34. The zero-order valence-electron chi connectivity index (χ0n) is 16.2. The molecule has 1 atom stereocenters. The Kier molecular flexibility index (Phi) is 4.74. The molecular formula is C23H23N3O2. The lowest BCUT2D eigenvalue weighted by molar-refractivity contribution is 0.0993. The van der Waals surface area contributed by atoms with Crippen LogP contribution in [-0.4, -0.2) is 18.0 Å². The lowest BCUT2D eigenvalue weighted by Gasteiger charge is -2.27. The van der Waals surface area contributed by atoms with Crippen molar-refractivity contribution >= 4 is 17.3 Å².